The van der Waals surface area contributed by atoms with Crippen molar-refractivity contribution in [3.63, 3.8) is 0 Å². The summed E-state index contributed by atoms with van der Waals surface area (Å²) in [5.41, 5.74) is 0. The van der Waals surface area contributed by atoms with Crippen molar-refractivity contribution >= 4 is 5.97 Å². The van der Waals surface area contributed by atoms with E-state index >= 15 is 0 Å². The first-order valence-corrected chi connectivity index (χ1v) is 7.35. The van der Waals surface area contributed by atoms with Crippen molar-refractivity contribution in [3.05, 3.63) is 30.3 Å². The van der Waals surface area contributed by atoms with Gasteiger partial charge in [-0.1, -0.05) is 18.2 Å². The average Bonchev–Trinajstić information content (AvgIpc) is 2.54. The molecule has 1 unspecified atom stereocenters. The van der Waals surface area contributed by atoms with Crippen molar-refractivity contribution in [1.29, 1.82) is 0 Å². The average molecular weight is 293 g/mol. The maximum Gasteiger partial charge on any atom is 0.308 e. The van der Waals surface area contributed by atoms with Crippen LogP contribution in [0.1, 0.15) is 12.8 Å². The number of nitrogens with zero attached hydrogens (tertiary/aromatic N) is 1. The van der Waals surface area contributed by atoms with E-state index in [9.17, 15) is 9.90 Å². The monoisotopic (exact) mass is 293 g/mol. The lowest BCUT2D eigenvalue weighted by Crippen LogP contribution is -2.42. The Balaban J connectivity index is 1.67. The first-order chi connectivity index (χ1) is 10.2. The molecule has 0 aliphatic carbocycles. The minimum absolute atomic E-state index is 0.00367. The molecule has 21 heavy (non-hydrogen) atoms. The van der Waals surface area contributed by atoms with Gasteiger partial charge in [-0.3, -0.25) is 4.79 Å². The predicted molar refractivity (Wildman–Crippen MR) is 79.1 cm³/mol. The Labute approximate surface area is 125 Å². The molecule has 1 atom stereocenters. The van der Waals surface area contributed by atoms with Crippen molar-refractivity contribution in [2.75, 3.05) is 33.4 Å². The van der Waals surface area contributed by atoms with E-state index in [2.05, 4.69) is 4.90 Å². The normalized spacial score (nSPS) is 18.2. The third-order valence-corrected chi connectivity index (χ3v) is 3.78. The highest BCUT2D eigenvalue weighted by Crippen LogP contribution is 2.18. The molecule has 0 radical (unpaired) electrons. The van der Waals surface area contributed by atoms with Crippen LogP contribution in [0.2, 0.25) is 0 Å². The Morgan fingerprint density at radius 2 is 2.00 bits per heavy atom. The molecule has 1 fully saturated rings. The van der Waals surface area contributed by atoms with Crippen LogP contribution in [0.25, 0.3) is 0 Å². The topological polar surface area (TPSA) is 59.0 Å². The number of carbonyl (C=O) groups is 1. The highest BCUT2D eigenvalue weighted by molar-refractivity contribution is 5.72. The first kappa shape index (κ1) is 15.8. The number of methoxy groups -OCH3 is 1. The smallest absolute Gasteiger partial charge is 0.308 e. The minimum atomic E-state index is -0.528. The second kappa shape index (κ2) is 8.00. The van der Waals surface area contributed by atoms with E-state index in [0.717, 1.165) is 31.7 Å². The van der Waals surface area contributed by atoms with E-state index in [-0.39, 0.29) is 18.5 Å². The van der Waals surface area contributed by atoms with Crippen LogP contribution in [-0.2, 0) is 9.53 Å². The summed E-state index contributed by atoms with van der Waals surface area (Å²) in [5.74, 6) is 0.646. The van der Waals surface area contributed by atoms with Crippen LogP contribution in [0.4, 0.5) is 0 Å². The van der Waals surface area contributed by atoms with Crippen molar-refractivity contribution in [2.24, 2.45) is 5.92 Å². The van der Waals surface area contributed by atoms with Crippen molar-refractivity contribution in [3.8, 4) is 5.75 Å². The number of likely N-dealkylation sites (tertiary alicyclic amines) is 1. The molecule has 1 aliphatic rings. The zero-order chi connectivity index (χ0) is 15.1. The van der Waals surface area contributed by atoms with Crippen LogP contribution in [0.15, 0.2) is 30.3 Å². The molecule has 5 nitrogen and oxygen atoms in total. The van der Waals surface area contributed by atoms with Gasteiger partial charge in [-0.2, -0.15) is 0 Å². The number of hydrogen-bond acceptors (Lipinski definition) is 5. The molecule has 1 saturated heterocycles. The van der Waals surface area contributed by atoms with E-state index in [0.29, 0.717) is 6.54 Å². The number of carbonyl (C=O) groups excluding carboxylic acids is 1. The summed E-state index contributed by atoms with van der Waals surface area (Å²) in [6, 6.07) is 9.47. The zero-order valence-electron chi connectivity index (χ0n) is 12.4. The zero-order valence-corrected chi connectivity index (χ0v) is 12.4. The van der Waals surface area contributed by atoms with E-state index in [1.54, 1.807) is 0 Å². The maximum atomic E-state index is 11.4. The van der Waals surface area contributed by atoms with Crippen LogP contribution < -0.4 is 4.74 Å². The van der Waals surface area contributed by atoms with Gasteiger partial charge < -0.3 is 19.5 Å². The number of ether oxygens (including phenoxy) is 2. The Hall–Kier alpha value is -1.59. The molecule has 116 valence electrons. The van der Waals surface area contributed by atoms with Gasteiger partial charge in [0.2, 0.25) is 0 Å². The number of β-amino-alcohol motifs (C(OH)–C–C–N with tert-alkyl or cyclic N) is 1. The van der Waals surface area contributed by atoms with Crippen LogP contribution in [0.5, 0.6) is 5.75 Å². The molecule has 5 heteroatoms. The summed E-state index contributed by atoms with van der Waals surface area (Å²) in [4.78, 5) is 13.6. The number of rotatable bonds is 6. The number of piperidine rings is 1. The van der Waals surface area contributed by atoms with Gasteiger partial charge >= 0.3 is 5.97 Å². The van der Waals surface area contributed by atoms with Crippen LogP contribution in [-0.4, -0.2) is 55.4 Å². The molecule has 0 saturated carbocycles. The third-order valence-electron chi connectivity index (χ3n) is 3.78. The predicted octanol–water partition coefficient (Wildman–Crippen LogP) is 1.31. The lowest BCUT2D eigenvalue weighted by atomic mass is 9.97. The van der Waals surface area contributed by atoms with Gasteiger partial charge in [0, 0.05) is 6.54 Å². The van der Waals surface area contributed by atoms with Crippen LogP contribution in [0, 0.1) is 5.92 Å². The molecule has 0 bridgehead atoms. The Bertz CT molecular complexity index is 429. The molecule has 1 aromatic carbocycles. The van der Waals surface area contributed by atoms with Gasteiger partial charge in [0.05, 0.1) is 13.0 Å². The van der Waals surface area contributed by atoms with Crippen LogP contribution >= 0.6 is 0 Å². The fourth-order valence-electron chi connectivity index (χ4n) is 2.58. The first-order valence-electron chi connectivity index (χ1n) is 7.35. The Morgan fingerprint density at radius 3 is 2.62 bits per heavy atom. The van der Waals surface area contributed by atoms with Gasteiger partial charge in [-0.15, -0.1) is 0 Å². The number of esters is 1. The SMILES string of the molecule is COC(=O)C1CCN(CC(O)COc2ccccc2)CC1. The lowest BCUT2D eigenvalue weighted by Gasteiger charge is -2.31. The number of hydrogen-bond donors (Lipinski definition) is 1. The van der Waals surface area contributed by atoms with Crippen LogP contribution in [0.3, 0.4) is 0 Å². The fraction of sp³-hybridized carbons (Fsp3) is 0.562. The van der Waals surface area contributed by atoms with Crippen molar-refractivity contribution in [2.45, 2.75) is 18.9 Å². The highest BCUT2D eigenvalue weighted by atomic mass is 16.5. The van der Waals surface area contributed by atoms with Crippen molar-refractivity contribution < 1.29 is 19.4 Å². The summed E-state index contributed by atoms with van der Waals surface area (Å²) < 4.78 is 10.3. The molecule has 1 aliphatic heterocycles. The van der Waals surface area contributed by atoms with Crippen molar-refractivity contribution in [1.82, 2.24) is 4.90 Å². The number of para-hydroxylation sites is 1. The molecule has 0 aromatic heterocycles. The summed E-state index contributed by atoms with van der Waals surface area (Å²) in [7, 11) is 1.43. The second-order valence-electron chi connectivity index (χ2n) is 5.38. The summed E-state index contributed by atoms with van der Waals surface area (Å²) in [6.45, 7) is 2.46. The molecule has 1 aromatic rings. The number of aliphatic hydroxyl groups is 1. The molecule has 0 amide bonds. The van der Waals surface area contributed by atoms with E-state index in [4.69, 9.17) is 9.47 Å². The maximum absolute atomic E-state index is 11.4. The van der Waals surface area contributed by atoms with Gasteiger partial charge in [-0.25, -0.2) is 0 Å². The number of aliphatic hydroxyl groups excluding tert-OH is 1. The fourth-order valence-corrected chi connectivity index (χ4v) is 2.58. The molecule has 1 heterocycles. The van der Waals surface area contributed by atoms with Gasteiger partial charge in [0.15, 0.2) is 0 Å². The lowest BCUT2D eigenvalue weighted by molar-refractivity contribution is -0.147. The highest BCUT2D eigenvalue weighted by Gasteiger charge is 2.26. The molecular formula is C16H23NO4. The number of benzene rings is 1. The quantitative estimate of drug-likeness (QED) is 0.801. The molecule has 0 spiro atoms. The second-order valence-corrected chi connectivity index (χ2v) is 5.38. The standard InChI is InChI=1S/C16H23NO4/c1-20-16(19)13-7-9-17(10-8-13)11-14(18)12-21-15-5-3-2-4-6-15/h2-6,13-14,18H,7-12H2,1H3. The van der Waals surface area contributed by atoms with Gasteiger partial charge in [0.25, 0.3) is 0 Å². The summed E-state index contributed by atoms with van der Waals surface area (Å²) in [6.07, 6.45) is 1.05. The van der Waals surface area contributed by atoms with Gasteiger partial charge in [-0.05, 0) is 38.1 Å². The summed E-state index contributed by atoms with van der Waals surface area (Å²) in [5, 5.41) is 10.0. The summed E-state index contributed by atoms with van der Waals surface area (Å²) >= 11 is 0. The van der Waals surface area contributed by atoms with E-state index in [1.165, 1.54) is 7.11 Å². The largest absolute Gasteiger partial charge is 0.491 e. The Morgan fingerprint density at radius 1 is 1.33 bits per heavy atom. The molecule has 1 N–H and O–H groups in total. The minimum Gasteiger partial charge on any atom is -0.491 e. The molecule has 2 rings (SSSR count). The van der Waals surface area contributed by atoms with E-state index < -0.39 is 6.10 Å². The Kier molecular flexibility index (Phi) is 6.02. The third kappa shape index (κ3) is 5.02. The van der Waals surface area contributed by atoms with E-state index in [1.807, 2.05) is 30.3 Å². The molecular weight excluding hydrogens is 270 g/mol. The van der Waals surface area contributed by atoms with Gasteiger partial charge in [0.1, 0.15) is 18.5 Å².